The summed E-state index contributed by atoms with van der Waals surface area (Å²) >= 11 is 0. The predicted octanol–water partition coefficient (Wildman–Crippen LogP) is 0.655. The van der Waals surface area contributed by atoms with Crippen LogP contribution in [0, 0.1) is 5.41 Å². The van der Waals surface area contributed by atoms with Gasteiger partial charge in [-0.15, -0.1) is 0 Å². The Kier molecular flexibility index (Phi) is 2.28. The van der Waals surface area contributed by atoms with Crippen LogP contribution < -0.4 is 10.6 Å². The number of nitrogens with one attached hydrogen (secondary N) is 2. The molecule has 2 N–H and O–H groups in total. The van der Waals surface area contributed by atoms with E-state index in [2.05, 4.69) is 17.6 Å². The Labute approximate surface area is 79.3 Å². The lowest BCUT2D eigenvalue weighted by Gasteiger charge is -2.36. The summed E-state index contributed by atoms with van der Waals surface area (Å²) in [6, 6.07) is 0.542. The van der Waals surface area contributed by atoms with Crippen LogP contribution in [0.15, 0.2) is 0 Å². The molecule has 1 amide bonds. The average molecular weight is 182 g/mol. The molecule has 3 heteroatoms. The van der Waals surface area contributed by atoms with Gasteiger partial charge in [0.2, 0.25) is 5.91 Å². The summed E-state index contributed by atoms with van der Waals surface area (Å²) in [5, 5.41) is 6.46. The number of piperidine rings is 1. The van der Waals surface area contributed by atoms with Crippen LogP contribution in [0.25, 0.3) is 0 Å². The number of hydrogen-bond donors (Lipinski definition) is 2. The molecule has 74 valence electrons. The van der Waals surface area contributed by atoms with Crippen molar-refractivity contribution in [3.05, 3.63) is 0 Å². The maximum absolute atomic E-state index is 11.2. The summed E-state index contributed by atoms with van der Waals surface area (Å²) in [7, 11) is 0. The number of carbonyl (C=O) groups is 1. The maximum Gasteiger partial charge on any atom is 0.220 e. The van der Waals surface area contributed by atoms with E-state index in [1.54, 1.807) is 0 Å². The highest BCUT2D eigenvalue weighted by Gasteiger charge is 2.40. The van der Waals surface area contributed by atoms with Gasteiger partial charge in [-0.2, -0.15) is 0 Å². The molecular weight excluding hydrogens is 164 g/mol. The van der Waals surface area contributed by atoms with Crippen molar-refractivity contribution in [3.8, 4) is 0 Å². The largest absolute Gasteiger partial charge is 0.355 e. The topological polar surface area (TPSA) is 41.1 Å². The predicted molar refractivity (Wildman–Crippen MR) is 51.4 cm³/mol. The van der Waals surface area contributed by atoms with Crippen molar-refractivity contribution in [2.24, 2.45) is 5.41 Å². The van der Waals surface area contributed by atoms with Gasteiger partial charge in [0.05, 0.1) is 0 Å². The quantitative estimate of drug-likeness (QED) is 0.625. The third-order valence-corrected chi connectivity index (χ3v) is 3.41. The summed E-state index contributed by atoms with van der Waals surface area (Å²) in [6.45, 7) is 4.19. The maximum atomic E-state index is 11.2. The van der Waals surface area contributed by atoms with E-state index in [4.69, 9.17) is 0 Å². The molecule has 2 heterocycles. The van der Waals surface area contributed by atoms with E-state index in [0.717, 1.165) is 13.1 Å². The summed E-state index contributed by atoms with van der Waals surface area (Å²) in [4.78, 5) is 11.2. The van der Waals surface area contributed by atoms with E-state index in [1.165, 1.54) is 19.3 Å². The highest BCUT2D eigenvalue weighted by molar-refractivity contribution is 5.79. The second kappa shape index (κ2) is 3.29. The molecule has 0 aromatic rings. The highest BCUT2D eigenvalue weighted by atomic mass is 16.1. The molecule has 0 aromatic heterocycles. The van der Waals surface area contributed by atoms with E-state index >= 15 is 0 Å². The van der Waals surface area contributed by atoms with E-state index in [9.17, 15) is 4.79 Å². The lowest BCUT2D eigenvalue weighted by Crippen LogP contribution is -2.47. The molecule has 13 heavy (non-hydrogen) atoms. The second-order valence-corrected chi connectivity index (χ2v) is 4.61. The second-order valence-electron chi connectivity index (χ2n) is 4.61. The van der Waals surface area contributed by atoms with Gasteiger partial charge in [-0.3, -0.25) is 4.79 Å². The van der Waals surface area contributed by atoms with E-state index in [0.29, 0.717) is 12.5 Å². The molecule has 2 unspecified atom stereocenters. The van der Waals surface area contributed by atoms with Gasteiger partial charge in [-0.1, -0.05) is 13.3 Å². The fourth-order valence-electron chi connectivity index (χ4n) is 2.49. The van der Waals surface area contributed by atoms with Crippen molar-refractivity contribution in [2.75, 3.05) is 13.1 Å². The van der Waals surface area contributed by atoms with Crippen molar-refractivity contribution >= 4 is 5.91 Å². The van der Waals surface area contributed by atoms with Gasteiger partial charge < -0.3 is 10.6 Å². The van der Waals surface area contributed by atoms with Crippen LogP contribution in [-0.4, -0.2) is 25.0 Å². The first-order valence-electron chi connectivity index (χ1n) is 5.21. The van der Waals surface area contributed by atoms with Crippen LogP contribution >= 0.6 is 0 Å². The Balaban J connectivity index is 2.01. The van der Waals surface area contributed by atoms with Crippen molar-refractivity contribution in [1.29, 1.82) is 0 Å². The molecule has 0 radical (unpaired) electrons. The van der Waals surface area contributed by atoms with Crippen LogP contribution in [0.4, 0.5) is 0 Å². The molecular formula is C10H18N2O. The molecule has 0 aromatic carbocycles. The smallest absolute Gasteiger partial charge is 0.220 e. The van der Waals surface area contributed by atoms with Gasteiger partial charge in [0.25, 0.3) is 0 Å². The number of amides is 1. The van der Waals surface area contributed by atoms with Gasteiger partial charge in [0, 0.05) is 24.4 Å². The fraction of sp³-hybridized carbons (Fsp3) is 0.900. The minimum absolute atomic E-state index is 0.164. The molecule has 2 atom stereocenters. The molecule has 0 aliphatic carbocycles. The normalized spacial score (nSPS) is 40.4. The fourth-order valence-corrected chi connectivity index (χ4v) is 2.49. The van der Waals surface area contributed by atoms with Crippen molar-refractivity contribution in [3.63, 3.8) is 0 Å². The third-order valence-electron chi connectivity index (χ3n) is 3.41. The molecule has 2 rings (SSSR count). The first-order valence-corrected chi connectivity index (χ1v) is 5.21. The van der Waals surface area contributed by atoms with E-state index in [1.807, 2.05) is 0 Å². The van der Waals surface area contributed by atoms with Crippen molar-refractivity contribution in [1.82, 2.24) is 10.6 Å². The molecule has 2 fully saturated rings. The number of carbonyl (C=O) groups excluding carboxylic acids is 1. The van der Waals surface area contributed by atoms with Crippen LogP contribution in [0.1, 0.15) is 32.6 Å². The molecule has 3 nitrogen and oxygen atoms in total. The van der Waals surface area contributed by atoms with Crippen LogP contribution in [0.5, 0.6) is 0 Å². The zero-order valence-electron chi connectivity index (χ0n) is 8.23. The first kappa shape index (κ1) is 9.00. The summed E-state index contributed by atoms with van der Waals surface area (Å²) < 4.78 is 0. The average Bonchev–Trinajstić information content (AvgIpc) is 2.49. The molecule has 2 aliphatic rings. The molecule has 0 bridgehead atoms. The monoisotopic (exact) mass is 182 g/mol. The Morgan fingerprint density at radius 1 is 1.46 bits per heavy atom. The lowest BCUT2D eigenvalue weighted by atomic mass is 9.77. The minimum atomic E-state index is 0.164. The van der Waals surface area contributed by atoms with Gasteiger partial charge in [-0.05, 0) is 19.4 Å². The van der Waals surface area contributed by atoms with Gasteiger partial charge in [-0.25, -0.2) is 0 Å². The summed E-state index contributed by atoms with van der Waals surface area (Å²) in [6.07, 6.45) is 4.52. The van der Waals surface area contributed by atoms with Crippen LogP contribution in [0.3, 0.4) is 0 Å². The van der Waals surface area contributed by atoms with Gasteiger partial charge in [0.1, 0.15) is 0 Å². The zero-order chi connectivity index (χ0) is 9.31. The molecule has 0 spiro atoms. The Bertz CT molecular complexity index is 211. The van der Waals surface area contributed by atoms with Crippen LogP contribution in [0.2, 0.25) is 0 Å². The zero-order valence-corrected chi connectivity index (χ0v) is 8.23. The number of rotatable bonds is 1. The Morgan fingerprint density at radius 2 is 2.31 bits per heavy atom. The van der Waals surface area contributed by atoms with Crippen LogP contribution in [-0.2, 0) is 4.79 Å². The molecule has 2 aliphatic heterocycles. The summed E-state index contributed by atoms with van der Waals surface area (Å²) in [5.74, 6) is 0.217. The minimum Gasteiger partial charge on any atom is -0.355 e. The SMILES string of the molecule is CC1(C2CCCCN2)CNC(=O)C1. The van der Waals surface area contributed by atoms with E-state index < -0.39 is 0 Å². The number of hydrogen-bond acceptors (Lipinski definition) is 2. The highest BCUT2D eigenvalue weighted by Crippen LogP contribution is 2.33. The van der Waals surface area contributed by atoms with Crippen molar-refractivity contribution in [2.45, 2.75) is 38.6 Å². The Morgan fingerprint density at radius 3 is 2.85 bits per heavy atom. The van der Waals surface area contributed by atoms with E-state index in [-0.39, 0.29) is 11.3 Å². The van der Waals surface area contributed by atoms with Crippen molar-refractivity contribution < 1.29 is 4.79 Å². The first-order chi connectivity index (χ1) is 6.21. The standard InChI is InChI=1S/C10H18N2O/c1-10(6-9(13)12-7-10)8-4-2-3-5-11-8/h8,11H,2-7H2,1H3,(H,12,13). The summed E-state index contributed by atoms with van der Waals surface area (Å²) in [5.41, 5.74) is 0.164. The van der Waals surface area contributed by atoms with Gasteiger partial charge >= 0.3 is 0 Å². The molecule has 2 saturated heterocycles. The lowest BCUT2D eigenvalue weighted by molar-refractivity contribution is -0.119. The van der Waals surface area contributed by atoms with Gasteiger partial charge in [0.15, 0.2) is 0 Å². The Hall–Kier alpha value is -0.570. The third kappa shape index (κ3) is 1.70. The molecule has 0 saturated carbocycles.